The lowest BCUT2D eigenvalue weighted by Crippen LogP contribution is -2.48. The molecule has 2 aliphatic rings. The van der Waals surface area contributed by atoms with Crippen LogP contribution in [0.1, 0.15) is 72.6 Å². The van der Waals surface area contributed by atoms with E-state index in [1.54, 1.807) is 6.92 Å². The van der Waals surface area contributed by atoms with Crippen LogP contribution in [0.5, 0.6) is 0 Å². The Morgan fingerprint density at radius 3 is 2.52 bits per heavy atom. The van der Waals surface area contributed by atoms with Crippen molar-refractivity contribution in [2.24, 2.45) is 5.92 Å². The molecule has 2 rings (SSSR count). The van der Waals surface area contributed by atoms with Gasteiger partial charge in [0.15, 0.2) is 0 Å². The molecule has 1 N–H and O–H groups in total. The summed E-state index contributed by atoms with van der Waals surface area (Å²) in [5.74, 6) is -0.158. The molecule has 142 valence electrons. The van der Waals surface area contributed by atoms with Crippen LogP contribution in [-0.2, 0) is 9.59 Å². The van der Waals surface area contributed by atoms with Gasteiger partial charge in [-0.2, -0.15) is 0 Å². The first-order chi connectivity index (χ1) is 11.8. The second-order valence-electron chi connectivity index (χ2n) is 7.73. The minimum absolute atomic E-state index is 0.124. The summed E-state index contributed by atoms with van der Waals surface area (Å²) >= 11 is 0. The van der Waals surface area contributed by atoms with E-state index in [0.717, 1.165) is 49.8 Å². The summed E-state index contributed by atoms with van der Waals surface area (Å²) in [7, 11) is 0. The van der Waals surface area contributed by atoms with Crippen molar-refractivity contribution in [3.05, 3.63) is 0 Å². The highest BCUT2D eigenvalue weighted by molar-refractivity contribution is 6.09. The van der Waals surface area contributed by atoms with Gasteiger partial charge in [-0.25, -0.2) is 4.79 Å². The molecule has 1 saturated carbocycles. The van der Waals surface area contributed by atoms with E-state index in [-0.39, 0.29) is 30.3 Å². The van der Waals surface area contributed by atoms with Crippen LogP contribution >= 0.6 is 0 Å². The van der Waals surface area contributed by atoms with E-state index in [0.29, 0.717) is 6.54 Å². The minimum Gasteiger partial charge on any atom is -0.338 e. The molecule has 0 aromatic heterocycles. The summed E-state index contributed by atoms with van der Waals surface area (Å²) in [6.07, 6.45) is 6.97. The van der Waals surface area contributed by atoms with Gasteiger partial charge >= 0.3 is 6.03 Å². The zero-order valence-electron chi connectivity index (χ0n) is 16.1. The molecule has 1 saturated heterocycles. The highest BCUT2D eigenvalue weighted by Gasteiger charge is 2.56. The van der Waals surface area contributed by atoms with E-state index in [1.165, 1.54) is 0 Å². The summed E-state index contributed by atoms with van der Waals surface area (Å²) in [5, 5.41) is 2.81. The van der Waals surface area contributed by atoms with Crippen molar-refractivity contribution in [3.8, 4) is 0 Å². The maximum absolute atomic E-state index is 12.8. The molecule has 1 aliphatic carbocycles. The Kier molecular flexibility index (Phi) is 6.47. The first-order valence-electron chi connectivity index (χ1n) is 9.78. The molecule has 2 atom stereocenters. The van der Waals surface area contributed by atoms with Crippen LogP contribution in [0.3, 0.4) is 0 Å². The van der Waals surface area contributed by atoms with Crippen LogP contribution in [0.4, 0.5) is 4.79 Å². The van der Waals surface area contributed by atoms with Crippen LogP contribution < -0.4 is 5.32 Å². The standard InChI is InChI=1S/C19H33N3O3/c1-5-7-8-12-21(14(3)9-6-2)16(23)13-22-17(24)19(4,15-10-11-15)20-18(22)25/h14-15H,5-13H2,1-4H3,(H,20,25). The lowest BCUT2D eigenvalue weighted by molar-refractivity contribution is -0.140. The molecular weight excluding hydrogens is 318 g/mol. The smallest absolute Gasteiger partial charge is 0.325 e. The number of imide groups is 1. The van der Waals surface area contributed by atoms with Gasteiger partial charge in [0, 0.05) is 12.6 Å². The second-order valence-corrected chi connectivity index (χ2v) is 7.73. The predicted molar refractivity (Wildman–Crippen MR) is 97.0 cm³/mol. The first kappa shape index (κ1) is 19.7. The van der Waals surface area contributed by atoms with Crippen LogP contribution in [0.25, 0.3) is 0 Å². The van der Waals surface area contributed by atoms with Gasteiger partial charge in [-0.3, -0.25) is 14.5 Å². The number of nitrogens with zero attached hydrogens (tertiary/aromatic N) is 2. The van der Waals surface area contributed by atoms with E-state index >= 15 is 0 Å². The molecule has 6 nitrogen and oxygen atoms in total. The third-order valence-corrected chi connectivity index (χ3v) is 5.55. The number of hydrogen-bond donors (Lipinski definition) is 1. The Labute approximate surface area is 151 Å². The molecule has 2 fully saturated rings. The molecule has 0 bridgehead atoms. The SMILES string of the molecule is CCCCCN(C(=O)CN1C(=O)NC(C)(C2CC2)C1=O)C(C)CCC. The van der Waals surface area contributed by atoms with Crippen molar-refractivity contribution in [2.45, 2.75) is 84.2 Å². The number of carbonyl (C=O) groups is 3. The average molecular weight is 351 g/mol. The third kappa shape index (κ3) is 4.33. The molecule has 0 aromatic rings. The van der Waals surface area contributed by atoms with Gasteiger partial charge in [-0.05, 0) is 45.4 Å². The molecule has 2 unspecified atom stereocenters. The van der Waals surface area contributed by atoms with Crippen molar-refractivity contribution in [3.63, 3.8) is 0 Å². The molecular formula is C19H33N3O3. The van der Waals surface area contributed by atoms with Crippen LogP contribution in [0.2, 0.25) is 0 Å². The second kappa shape index (κ2) is 8.19. The molecule has 6 heteroatoms. The highest BCUT2D eigenvalue weighted by Crippen LogP contribution is 2.42. The quantitative estimate of drug-likeness (QED) is 0.486. The van der Waals surface area contributed by atoms with E-state index < -0.39 is 11.6 Å². The van der Waals surface area contributed by atoms with Gasteiger partial charge in [-0.15, -0.1) is 0 Å². The monoisotopic (exact) mass is 351 g/mol. The largest absolute Gasteiger partial charge is 0.338 e. The number of urea groups is 1. The van der Waals surface area contributed by atoms with Crippen molar-refractivity contribution in [2.75, 3.05) is 13.1 Å². The maximum atomic E-state index is 12.8. The minimum atomic E-state index is -0.820. The highest BCUT2D eigenvalue weighted by atomic mass is 16.2. The van der Waals surface area contributed by atoms with E-state index in [1.807, 2.05) is 11.8 Å². The topological polar surface area (TPSA) is 69.7 Å². The molecule has 0 aromatic carbocycles. The maximum Gasteiger partial charge on any atom is 0.325 e. The molecule has 0 spiro atoms. The summed E-state index contributed by atoms with van der Waals surface area (Å²) in [6.45, 7) is 8.61. The third-order valence-electron chi connectivity index (χ3n) is 5.55. The van der Waals surface area contributed by atoms with Crippen LogP contribution in [-0.4, -0.2) is 52.3 Å². The number of hydrogen-bond acceptors (Lipinski definition) is 3. The van der Waals surface area contributed by atoms with Gasteiger partial charge in [0.2, 0.25) is 5.91 Å². The first-order valence-corrected chi connectivity index (χ1v) is 9.78. The van der Waals surface area contributed by atoms with E-state index in [9.17, 15) is 14.4 Å². The van der Waals surface area contributed by atoms with Crippen molar-refractivity contribution in [1.29, 1.82) is 0 Å². The molecule has 25 heavy (non-hydrogen) atoms. The zero-order valence-corrected chi connectivity index (χ0v) is 16.1. The fourth-order valence-electron chi connectivity index (χ4n) is 3.72. The van der Waals surface area contributed by atoms with Crippen LogP contribution in [0.15, 0.2) is 0 Å². The Balaban J connectivity index is 2.03. The summed E-state index contributed by atoms with van der Waals surface area (Å²) < 4.78 is 0. The number of nitrogens with one attached hydrogen (secondary N) is 1. The predicted octanol–water partition coefficient (Wildman–Crippen LogP) is 2.91. The Morgan fingerprint density at radius 1 is 1.28 bits per heavy atom. The van der Waals surface area contributed by atoms with Crippen molar-refractivity contribution in [1.82, 2.24) is 15.1 Å². The van der Waals surface area contributed by atoms with Crippen LogP contribution in [0, 0.1) is 5.92 Å². The molecule has 1 heterocycles. The lowest BCUT2D eigenvalue weighted by atomic mass is 9.96. The lowest BCUT2D eigenvalue weighted by Gasteiger charge is -2.30. The van der Waals surface area contributed by atoms with Gasteiger partial charge in [-0.1, -0.05) is 33.1 Å². The summed E-state index contributed by atoms with van der Waals surface area (Å²) in [4.78, 5) is 40.8. The van der Waals surface area contributed by atoms with E-state index in [4.69, 9.17) is 0 Å². The summed E-state index contributed by atoms with van der Waals surface area (Å²) in [5.41, 5.74) is -0.820. The Bertz CT molecular complexity index is 518. The molecule has 0 radical (unpaired) electrons. The van der Waals surface area contributed by atoms with Gasteiger partial charge < -0.3 is 10.2 Å². The molecule has 1 aliphatic heterocycles. The van der Waals surface area contributed by atoms with Gasteiger partial charge in [0.1, 0.15) is 12.1 Å². The van der Waals surface area contributed by atoms with Crippen molar-refractivity contribution >= 4 is 17.8 Å². The summed E-state index contributed by atoms with van der Waals surface area (Å²) in [6, 6.07) is -0.297. The van der Waals surface area contributed by atoms with Gasteiger partial charge in [0.25, 0.3) is 5.91 Å². The Hall–Kier alpha value is -1.59. The fourth-order valence-corrected chi connectivity index (χ4v) is 3.72. The zero-order chi connectivity index (χ0) is 18.6. The fraction of sp³-hybridized carbons (Fsp3) is 0.842. The molecule has 4 amide bonds. The number of amides is 4. The number of unbranched alkanes of at least 4 members (excludes halogenated alkanes) is 2. The number of rotatable bonds is 10. The van der Waals surface area contributed by atoms with E-state index in [2.05, 4.69) is 19.2 Å². The Morgan fingerprint density at radius 2 is 1.96 bits per heavy atom. The van der Waals surface area contributed by atoms with Gasteiger partial charge in [0.05, 0.1) is 0 Å². The number of carbonyl (C=O) groups excluding carboxylic acids is 3. The van der Waals surface area contributed by atoms with Crippen molar-refractivity contribution < 1.29 is 14.4 Å². The average Bonchev–Trinajstić information content (AvgIpc) is 3.38. The normalized spacial score (nSPS) is 24.4.